The van der Waals surface area contributed by atoms with E-state index in [9.17, 15) is 4.79 Å². The second-order valence-corrected chi connectivity index (χ2v) is 7.15. The van der Waals surface area contributed by atoms with Crippen molar-refractivity contribution in [3.63, 3.8) is 0 Å². The number of hydrogen-bond donors (Lipinski definition) is 1. The number of piperidine rings is 1. The van der Waals surface area contributed by atoms with Crippen LogP contribution in [0.3, 0.4) is 0 Å². The van der Waals surface area contributed by atoms with Gasteiger partial charge in [0.15, 0.2) is 5.76 Å². The Labute approximate surface area is 157 Å². The third-order valence-corrected chi connectivity index (χ3v) is 5.07. The standard InChI is InChI=1S/C20H20ClN3O2/c1-24-9-3-5-13(12-24)22-20(25)15-11-17(18-8-4-10-26-18)23-19-14(15)6-2-7-16(19)21/h2,4,6-8,10-11,13H,3,5,9,12H2,1H3,(H,22,25)/t13-/m1/s1. The van der Waals surface area contributed by atoms with Crippen LogP contribution >= 0.6 is 11.6 Å². The zero-order valence-electron chi connectivity index (χ0n) is 14.5. The smallest absolute Gasteiger partial charge is 0.252 e. The van der Waals surface area contributed by atoms with Crippen LogP contribution in [0, 0.1) is 0 Å². The first kappa shape index (κ1) is 17.1. The predicted molar refractivity (Wildman–Crippen MR) is 102 cm³/mol. The highest BCUT2D eigenvalue weighted by atomic mass is 35.5. The van der Waals surface area contributed by atoms with Gasteiger partial charge in [0.25, 0.3) is 5.91 Å². The van der Waals surface area contributed by atoms with Gasteiger partial charge >= 0.3 is 0 Å². The molecule has 0 spiro atoms. The molecule has 1 aliphatic heterocycles. The number of amides is 1. The number of nitrogens with zero attached hydrogens (tertiary/aromatic N) is 2. The van der Waals surface area contributed by atoms with Gasteiger partial charge in [-0.15, -0.1) is 0 Å². The Hall–Kier alpha value is -2.37. The number of likely N-dealkylation sites (N-methyl/N-ethyl adjacent to an activating group) is 1. The number of furan rings is 1. The Morgan fingerprint density at radius 1 is 1.35 bits per heavy atom. The number of nitrogens with one attached hydrogen (secondary N) is 1. The molecule has 0 radical (unpaired) electrons. The number of aromatic nitrogens is 1. The maximum atomic E-state index is 13.0. The molecule has 1 N–H and O–H groups in total. The molecule has 3 heterocycles. The first-order chi connectivity index (χ1) is 12.6. The number of carbonyl (C=O) groups is 1. The van der Waals surface area contributed by atoms with Gasteiger partial charge in [0.05, 0.1) is 22.4 Å². The van der Waals surface area contributed by atoms with Crippen LogP contribution < -0.4 is 5.32 Å². The van der Waals surface area contributed by atoms with Crippen molar-refractivity contribution in [1.29, 1.82) is 0 Å². The summed E-state index contributed by atoms with van der Waals surface area (Å²) in [4.78, 5) is 19.9. The van der Waals surface area contributed by atoms with Gasteiger partial charge in [-0.1, -0.05) is 23.7 Å². The number of benzene rings is 1. The van der Waals surface area contributed by atoms with Crippen molar-refractivity contribution in [2.75, 3.05) is 20.1 Å². The summed E-state index contributed by atoms with van der Waals surface area (Å²) in [6.07, 6.45) is 3.67. The lowest BCUT2D eigenvalue weighted by molar-refractivity contribution is 0.0914. The number of hydrogen-bond acceptors (Lipinski definition) is 4. The number of para-hydroxylation sites is 1. The molecule has 2 aromatic heterocycles. The number of likely N-dealkylation sites (tertiary alicyclic amines) is 1. The third-order valence-electron chi connectivity index (χ3n) is 4.77. The van der Waals surface area contributed by atoms with E-state index in [1.165, 1.54) is 0 Å². The van der Waals surface area contributed by atoms with Gasteiger partial charge < -0.3 is 14.6 Å². The van der Waals surface area contributed by atoms with Crippen LogP contribution in [-0.2, 0) is 0 Å². The Morgan fingerprint density at radius 3 is 3.00 bits per heavy atom. The fourth-order valence-corrected chi connectivity index (χ4v) is 3.72. The van der Waals surface area contributed by atoms with Crippen LogP contribution in [0.5, 0.6) is 0 Å². The predicted octanol–water partition coefficient (Wildman–Crippen LogP) is 3.97. The van der Waals surface area contributed by atoms with Crippen molar-refractivity contribution in [2.24, 2.45) is 0 Å². The van der Waals surface area contributed by atoms with Gasteiger partial charge in [0.2, 0.25) is 0 Å². The topological polar surface area (TPSA) is 58.4 Å². The number of rotatable bonds is 3. The molecule has 1 amide bonds. The minimum absolute atomic E-state index is 0.104. The van der Waals surface area contributed by atoms with Gasteiger partial charge in [0, 0.05) is 18.0 Å². The van der Waals surface area contributed by atoms with E-state index in [-0.39, 0.29) is 11.9 Å². The van der Waals surface area contributed by atoms with Gasteiger partial charge in [-0.05, 0) is 50.7 Å². The number of fused-ring (bicyclic) bond motifs is 1. The summed E-state index contributed by atoms with van der Waals surface area (Å²) in [5.74, 6) is 0.506. The molecule has 134 valence electrons. The van der Waals surface area contributed by atoms with E-state index in [0.29, 0.717) is 27.6 Å². The highest BCUT2D eigenvalue weighted by Crippen LogP contribution is 2.29. The fourth-order valence-electron chi connectivity index (χ4n) is 3.50. The first-order valence-corrected chi connectivity index (χ1v) is 9.12. The number of halogens is 1. The molecule has 1 saturated heterocycles. The first-order valence-electron chi connectivity index (χ1n) is 8.74. The quantitative estimate of drug-likeness (QED) is 0.758. The van der Waals surface area contributed by atoms with Gasteiger partial charge in [-0.2, -0.15) is 0 Å². The van der Waals surface area contributed by atoms with Crippen LogP contribution in [0.25, 0.3) is 22.4 Å². The molecule has 5 nitrogen and oxygen atoms in total. The average Bonchev–Trinajstić information content (AvgIpc) is 3.16. The molecule has 1 atom stereocenters. The van der Waals surface area contributed by atoms with E-state index >= 15 is 0 Å². The monoisotopic (exact) mass is 369 g/mol. The minimum atomic E-state index is -0.104. The fraction of sp³-hybridized carbons (Fsp3) is 0.300. The minimum Gasteiger partial charge on any atom is -0.463 e. The van der Waals surface area contributed by atoms with Crippen LogP contribution in [0.15, 0.2) is 47.1 Å². The molecule has 0 bridgehead atoms. The Morgan fingerprint density at radius 2 is 2.23 bits per heavy atom. The van der Waals surface area contributed by atoms with Crippen LogP contribution in [0.1, 0.15) is 23.2 Å². The molecule has 26 heavy (non-hydrogen) atoms. The molecule has 6 heteroatoms. The van der Waals surface area contributed by atoms with E-state index in [1.54, 1.807) is 24.5 Å². The summed E-state index contributed by atoms with van der Waals surface area (Å²) in [7, 11) is 2.08. The summed E-state index contributed by atoms with van der Waals surface area (Å²) in [5.41, 5.74) is 1.77. The lowest BCUT2D eigenvalue weighted by Crippen LogP contribution is -2.46. The van der Waals surface area contributed by atoms with Crippen molar-refractivity contribution in [2.45, 2.75) is 18.9 Å². The molecule has 1 fully saturated rings. The molecule has 0 aliphatic carbocycles. The highest BCUT2D eigenvalue weighted by molar-refractivity contribution is 6.35. The molecule has 3 aromatic rings. The second-order valence-electron chi connectivity index (χ2n) is 6.74. The van der Waals surface area contributed by atoms with Crippen molar-refractivity contribution < 1.29 is 9.21 Å². The molecule has 0 saturated carbocycles. The van der Waals surface area contributed by atoms with Crippen molar-refractivity contribution in [3.8, 4) is 11.5 Å². The third kappa shape index (κ3) is 3.32. The number of carbonyl (C=O) groups excluding carboxylic acids is 1. The van der Waals surface area contributed by atoms with Gasteiger partial charge in [-0.25, -0.2) is 4.98 Å². The van der Waals surface area contributed by atoms with E-state index in [1.807, 2.05) is 18.2 Å². The zero-order chi connectivity index (χ0) is 18.1. The van der Waals surface area contributed by atoms with E-state index in [4.69, 9.17) is 16.0 Å². The Balaban J connectivity index is 1.75. The van der Waals surface area contributed by atoms with Crippen molar-refractivity contribution >= 4 is 28.4 Å². The average molecular weight is 370 g/mol. The molecular weight excluding hydrogens is 350 g/mol. The number of pyridine rings is 1. The SMILES string of the molecule is CN1CCC[C@@H](NC(=O)c2cc(-c3ccco3)nc3c(Cl)cccc23)C1. The van der Waals surface area contributed by atoms with E-state index in [0.717, 1.165) is 31.3 Å². The van der Waals surface area contributed by atoms with Crippen LogP contribution in [0.4, 0.5) is 0 Å². The zero-order valence-corrected chi connectivity index (χ0v) is 15.3. The lowest BCUT2D eigenvalue weighted by Gasteiger charge is -2.30. The van der Waals surface area contributed by atoms with Gasteiger partial charge in [0.1, 0.15) is 5.69 Å². The molecule has 0 unspecified atom stereocenters. The van der Waals surface area contributed by atoms with Crippen LogP contribution in [-0.4, -0.2) is 42.0 Å². The second kappa shape index (κ2) is 7.09. The Bertz CT molecular complexity index is 940. The molecule has 1 aliphatic rings. The van der Waals surface area contributed by atoms with Crippen molar-refractivity contribution in [1.82, 2.24) is 15.2 Å². The van der Waals surface area contributed by atoms with Gasteiger partial charge in [-0.3, -0.25) is 4.79 Å². The summed E-state index contributed by atoms with van der Waals surface area (Å²) >= 11 is 6.35. The maximum Gasteiger partial charge on any atom is 0.252 e. The lowest BCUT2D eigenvalue weighted by atomic mass is 10.0. The molecular formula is C20H20ClN3O2. The molecule has 1 aromatic carbocycles. The summed E-state index contributed by atoms with van der Waals surface area (Å²) in [6, 6.07) is 11.0. The highest BCUT2D eigenvalue weighted by Gasteiger charge is 2.22. The summed E-state index contributed by atoms with van der Waals surface area (Å²) in [6.45, 7) is 1.93. The van der Waals surface area contributed by atoms with Crippen molar-refractivity contribution in [3.05, 3.63) is 53.2 Å². The van der Waals surface area contributed by atoms with E-state index in [2.05, 4.69) is 22.2 Å². The van der Waals surface area contributed by atoms with Crippen LogP contribution in [0.2, 0.25) is 5.02 Å². The summed E-state index contributed by atoms with van der Waals surface area (Å²) in [5, 5.41) is 4.43. The summed E-state index contributed by atoms with van der Waals surface area (Å²) < 4.78 is 5.46. The maximum absolute atomic E-state index is 13.0. The van der Waals surface area contributed by atoms with E-state index < -0.39 is 0 Å². The Kier molecular flexibility index (Phi) is 4.66. The molecule has 4 rings (SSSR count). The normalized spacial score (nSPS) is 18.2. The largest absolute Gasteiger partial charge is 0.463 e.